The predicted molar refractivity (Wildman–Crippen MR) is 111 cm³/mol. The third kappa shape index (κ3) is 2.76. The van der Waals surface area contributed by atoms with Crippen LogP contribution in [0.3, 0.4) is 0 Å². The summed E-state index contributed by atoms with van der Waals surface area (Å²) in [6.45, 7) is 3.98. The number of benzene rings is 1. The van der Waals surface area contributed by atoms with Gasteiger partial charge in [-0.05, 0) is 31.0 Å². The number of nitrogens with zero attached hydrogens (tertiary/aromatic N) is 5. The van der Waals surface area contributed by atoms with Gasteiger partial charge in [-0.3, -0.25) is 9.20 Å². The van der Waals surface area contributed by atoms with Crippen LogP contribution in [0.5, 0.6) is 0 Å². The van der Waals surface area contributed by atoms with E-state index in [9.17, 15) is 13.2 Å². The highest BCUT2D eigenvalue weighted by molar-refractivity contribution is 7.90. The monoisotopic (exact) mass is 423 g/mol. The van der Waals surface area contributed by atoms with E-state index in [0.29, 0.717) is 35.5 Å². The molecule has 3 aromatic heterocycles. The van der Waals surface area contributed by atoms with Crippen LogP contribution in [-0.2, 0) is 14.8 Å². The molecular weight excluding hydrogens is 402 g/mol. The van der Waals surface area contributed by atoms with Crippen molar-refractivity contribution in [3.8, 4) is 0 Å². The molecule has 1 aromatic carbocycles. The molecule has 0 bridgehead atoms. The van der Waals surface area contributed by atoms with Crippen LogP contribution in [0, 0.1) is 12.8 Å². The second kappa shape index (κ2) is 6.73. The van der Waals surface area contributed by atoms with E-state index in [1.54, 1.807) is 30.3 Å². The largest absolute Gasteiger partial charge is 0.300 e. The first kappa shape index (κ1) is 18.9. The topological polar surface area (TPSA) is 99.2 Å². The van der Waals surface area contributed by atoms with E-state index in [-0.39, 0.29) is 22.5 Å². The number of aryl methyl sites for hydroxylation is 1. The van der Waals surface area contributed by atoms with Crippen LogP contribution in [0.15, 0.2) is 47.6 Å². The van der Waals surface area contributed by atoms with Crippen LogP contribution in [-0.4, -0.2) is 37.8 Å². The fourth-order valence-electron chi connectivity index (χ4n) is 4.37. The van der Waals surface area contributed by atoms with E-state index in [1.807, 2.05) is 11.3 Å². The Morgan fingerprint density at radius 2 is 1.87 bits per heavy atom. The van der Waals surface area contributed by atoms with Crippen LogP contribution in [0.2, 0.25) is 0 Å². The molecule has 0 radical (unpaired) electrons. The smallest absolute Gasteiger partial charge is 0.269 e. The third-order valence-corrected chi connectivity index (χ3v) is 7.68. The number of carbonyl (C=O) groups excluding carboxylic acids is 1. The summed E-state index contributed by atoms with van der Waals surface area (Å²) in [6.07, 6.45) is 4.89. The van der Waals surface area contributed by atoms with E-state index in [0.717, 1.165) is 12.0 Å². The van der Waals surface area contributed by atoms with Crippen LogP contribution in [0.1, 0.15) is 43.5 Å². The summed E-state index contributed by atoms with van der Waals surface area (Å²) in [4.78, 5) is 16.6. The first-order valence-corrected chi connectivity index (χ1v) is 11.4. The molecule has 1 fully saturated rings. The lowest BCUT2D eigenvalue weighted by molar-refractivity contribution is -0.117. The third-order valence-electron chi connectivity index (χ3n) is 6.00. The van der Waals surface area contributed by atoms with Gasteiger partial charge in [0.1, 0.15) is 11.6 Å². The lowest BCUT2D eigenvalue weighted by atomic mass is 9.93. The summed E-state index contributed by atoms with van der Waals surface area (Å²) in [5.41, 5.74) is 2.44. The molecule has 1 aliphatic rings. The molecule has 154 valence electrons. The fraction of sp³-hybridized carbons (Fsp3) is 0.333. The highest BCUT2D eigenvalue weighted by Gasteiger charge is 2.36. The van der Waals surface area contributed by atoms with Crippen LogP contribution >= 0.6 is 0 Å². The number of aromatic nitrogens is 5. The van der Waals surface area contributed by atoms with Crippen LogP contribution in [0.4, 0.5) is 0 Å². The maximum Gasteiger partial charge on any atom is 0.269 e. The SMILES string of the molecule is CC[C@@H]1CC(=O)CC1c1nnc2cnc3c(ccn3S(=O)(=O)c3ccc(C)cc3)n12. The molecule has 5 rings (SSSR count). The Morgan fingerprint density at radius 3 is 2.60 bits per heavy atom. The highest BCUT2D eigenvalue weighted by Crippen LogP contribution is 2.39. The minimum atomic E-state index is -3.80. The average Bonchev–Trinajstić information content (AvgIpc) is 3.43. The maximum absolute atomic E-state index is 13.2. The zero-order chi connectivity index (χ0) is 21.0. The van der Waals surface area contributed by atoms with Crippen LogP contribution in [0.25, 0.3) is 16.8 Å². The van der Waals surface area contributed by atoms with Gasteiger partial charge in [-0.15, -0.1) is 10.2 Å². The van der Waals surface area contributed by atoms with Gasteiger partial charge in [-0.25, -0.2) is 17.4 Å². The van der Waals surface area contributed by atoms with Gasteiger partial charge in [-0.2, -0.15) is 0 Å². The lowest BCUT2D eigenvalue weighted by Crippen LogP contribution is -2.13. The summed E-state index contributed by atoms with van der Waals surface area (Å²) >= 11 is 0. The number of fused-ring (bicyclic) bond motifs is 3. The lowest BCUT2D eigenvalue weighted by Gasteiger charge is -2.15. The van der Waals surface area contributed by atoms with Gasteiger partial charge in [0.15, 0.2) is 11.3 Å². The van der Waals surface area contributed by atoms with Crippen molar-refractivity contribution in [1.82, 2.24) is 23.6 Å². The second-order valence-corrected chi connectivity index (χ2v) is 9.69. The summed E-state index contributed by atoms with van der Waals surface area (Å²) in [6, 6.07) is 8.43. The molecule has 30 heavy (non-hydrogen) atoms. The summed E-state index contributed by atoms with van der Waals surface area (Å²) in [5.74, 6) is 1.11. The Labute approximate surface area is 173 Å². The standard InChI is InChI=1S/C21H21N5O3S/c1-3-14-10-15(27)11-17(14)20-24-23-19-12-22-21-18(26(19)20)8-9-25(21)30(28,29)16-6-4-13(2)5-7-16/h4-9,12,14,17H,3,10-11H2,1-2H3/t14-,17?/m1/s1. The molecule has 1 aliphatic carbocycles. The molecule has 3 heterocycles. The normalized spacial score (nSPS) is 19.9. The Balaban J connectivity index is 1.70. The zero-order valence-electron chi connectivity index (χ0n) is 16.7. The van der Waals surface area contributed by atoms with Gasteiger partial charge in [0.25, 0.3) is 10.0 Å². The van der Waals surface area contributed by atoms with Crippen molar-refractivity contribution in [3.05, 3.63) is 54.1 Å². The number of ketones is 1. The molecule has 1 unspecified atom stereocenters. The zero-order valence-corrected chi connectivity index (χ0v) is 17.5. The Bertz CT molecular complexity index is 1390. The van der Waals surface area contributed by atoms with Crippen molar-refractivity contribution in [2.45, 2.75) is 43.9 Å². The van der Waals surface area contributed by atoms with Gasteiger partial charge < -0.3 is 0 Å². The molecule has 0 N–H and O–H groups in total. The summed E-state index contributed by atoms with van der Waals surface area (Å²) in [7, 11) is -3.80. The molecule has 2 atom stereocenters. The summed E-state index contributed by atoms with van der Waals surface area (Å²) in [5, 5.41) is 8.59. The highest BCUT2D eigenvalue weighted by atomic mass is 32.2. The molecule has 4 aromatic rings. The number of carbonyl (C=O) groups is 1. The van der Waals surface area contributed by atoms with E-state index >= 15 is 0 Å². The molecule has 0 aliphatic heterocycles. The van der Waals surface area contributed by atoms with Crippen molar-refractivity contribution in [1.29, 1.82) is 0 Å². The van der Waals surface area contributed by atoms with Crippen molar-refractivity contribution < 1.29 is 13.2 Å². The van der Waals surface area contributed by atoms with E-state index in [2.05, 4.69) is 22.1 Å². The van der Waals surface area contributed by atoms with Crippen molar-refractivity contribution in [2.75, 3.05) is 0 Å². The van der Waals surface area contributed by atoms with Gasteiger partial charge in [0.2, 0.25) is 0 Å². The number of Topliss-reactive ketones (excluding diaryl/α,β-unsaturated/α-hetero) is 1. The number of hydrogen-bond acceptors (Lipinski definition) is 6. The molecule has 0 amide bonds. The van der Waals surface area contributed by atoms with Gasteiger partial charge >= 0.3 is 0 Å². The van der Waals surface area contributed by atoms with Gasteiger partial charge in [0, 0.05) is 25.0 Å². The van der Waals surface area contributed by atoms with Crippen molar-refractivity contribution in [3.63, 3.8) is 0 Å². The van der Waals surface area contributed by atoms with E-state index in [1.165, 1.54) is 16.4 Å². The minimum Gasteiger partial charge on any atom is -0.300 e. The molecule has 1 saturated carbocycles. The Hall–Kier alpha value is -3.07. The predicted octanol–water partition coefficient (Wildman–Crippen LogP) is 3.10. The average molecular weight is 423 g/mol. The van der Waals surface area contributed by atoms with Crippen LogP contribution < -0.4 is 0 Å². The quantitative estimate of drug-likeness (QED) is 0.500. The number of hydrogen-bond donors (Lipinski definition) is 0. The maximum atomic E-state index is 13.2. The molecule has 0 saturated heterocycles. The number of rotatable bonds is 4. The second-order valence-electron chi connectivity index (χ2n) is 7.87. The van der Waals surface area contributed by atoms with E-state index < -0.39 is 10.0 Å². The Morgan fingerprint density at radius 1 is 1.10 bits per heavy atom. The molecule has 0 spiro atoms. The van der Waals surface area contributed by atoms with Crippen molar-refractivity contribution in [2.24, 2.45) is 5.92 Å². The first-order chi connectivity index (χ1) is 14.4. The minimum absolute atomic E-state index is 0.0276. The Kier molecular flexibility index (Phi) is 4.25. The molecular formula is C21H21N5O3S. The van der Waals surface area contributed by atoms with E-state index in [4.69, 9.17) is 0 Å². The van der Waals surface area contributed by atoms with Gasteiger partial charge in [0.05, 0.1) is 16.6 Å². The first-order valence-electron chi connectivity index (χ1n) is 9.95. The molecule has 8 nitrogen and oxygen atoms in total. The van der Waals surface area contributed by atoms with Crippen molar-refractivity contribution >= 4 is 32.6 Å². The van der Waals surface area contributed by atoms with Gasteiger partial charge in [-0.1, -0.05) is 31.0 Å². The summed E-state index contributed by atoms with van der Waals surface area (Å²) < 4.78 is 29.5. The fourth-order valence-corrected chi connectivity index (χ4v) is 5.67. The molecule has 9 heteroatoms.